The van der Waals surface area contributed by atoms with Crippen molar-refractivity contribution in [3.63, 3.8) is 0 Å². The average Bonchev–Trinajstić information content (AvgIpc) is 2.41. The molecular weight excluding hydrogens is 268 g/mol. The molecule has 0 amide bonds. The Morgan fingerprint density at radius 2 is 2.21 bits per heavy atom. The molecule has 0 spiro atoms. The van der Waals surface area contributed by atoms with E-state index in [0.29, 0.717) is 12.4 Å². The average molecular weight is 279 g/mol. The minimum atomic E-state index is -0.531. The summed E-state index contributed by atoms with van der Waals surface area (Å²) >= 11 is 5.91. The second kappa shape index (κ2) is 6.10. The molecule has 19 heavy (non-hydrogen) atoms. The molecule has 0 bridgehead atoms. The van der Waals surface area contributed by atoms with Crippen LogP contribution in [0.1, 0.15) is 5.69 Å². The lowest BCUT2D eigenvalue weighted by Crippen LogP contribution is -2.07. The number of nitrogens with one attached hydrogen (secondary N) is 1. The van der Waals surface area contributed by atoms with Gasteiger partial charge in [0, 0.05) is 30.9 Å². The molecular formula is C12H11ClN4O2. The van der Waals surface area contributed by atoms with Crippen molar-refractivity contribution in [2.75, 3.05) is 11.9 Å². The fraction of sp³-hybridized carbons (Fsp3) is 0.167. The van der Waals surface area contributed by atoms with Crippen molar-refractivity contribution in [2.24, 2.45) is 0 Å². The Balaban J connectivity index is 1.95. The molecule has 7 heteroatoms. The third kappa shape index (κ3) is 3.62. The molecule has 2 aromatic heterocycles. The Labute approximate surface area is 114 Å². The maximum Gasteiger partial charge on any atom is 0.289 e. The van der Waals surface area contributed by atoms with E-state index in [1.165, 1.54) is 12.3 Å². The molecule has 1 N–H and O–H groups in total. The molecule has 0 fully saturated rings. The van der Waals surface area contributed by atoms with E-state index in [1.54, 1.807) is 6.20 Å². The second-order valence-corrected chi connectivity index (χ2v) is 4.19. The van der Waals surface area contributed by atoms with Gasteiger partial charge in [0.1, 0.15) is 12.0 Å². The molecule has 0 saturated heterocycles. The lowest BCUT2D eigenvalue weighted by molar-refractivity contribution is -0.385. The van der Waals surface area contributed by atoms with Crippen LogP contribution in [0, 0.1) is 10.1 Å². The first-order chi connectivity index (χ1) is 9.16. The van der Waals surface area contributed by atoms with Crippen LogP contribution in [-0.4, -0.2) is 21.4 Å². The number of nitrogens with zero attached hydrogens (tertiary/aromatic N) is 3. The topological polar surface area (TPSA) is 81.0 Å². The van der Waals surface area contributed by atoms with Crippen LogP contribution in [0.4, 0.5) is 11.5 Å². The van der Waals surface area contributed by atoms with Crippen LogP contribution >= 0.6 is 11.6 Å². The molecule has 98 valence electrons. The summed E-state index contributed by atoms with van der Waals surface area (Å²) in [6, 6.07) is 6.97. The van der Waals surface area contributed by atoms with Crippen LogP contribution in [0.2, 0.25) is 5.02 Å². The summed E-state index contributed by atoms with van der Waals surface area (Å²) in [6.07, 6.45) is 3.62. The summed E-state index contributed by atoms with van der Waals surface area (Å²) in [7, 11) is 0. The molecule has 0 saturated carbocycles. The van der Waals surface area contributed by atoms with E-state index in [-0.39, 0.29) is 10.7 Å². The molecule has 0 aliphatic rings. The molecule has 0 aromatic carbocycles. The van der Waals surface area contributed by atoms with E-state index in [1.807, 2.05) is 18.2 Å². The summed E-state index contributed by atoms with van der Waals surface area (Å²) in [5.41, 5.74) is 0.827. The van der Waals surface area contributed by atoms with Crippen molar-refractivity contribution in [1.82, 2.24) is 9.97 Å². The molecule has 0 aliphatic carbocycles. The van der Waals surface area contributed by atoms with Gasteiger partial charge >= 0.3 is 0 Å². The summed E-state index contributed by atoms with van der Waals surface area (Å²) in [5.74, 6) is 0.434. The first kappa shape index (κ1) is 13.2. The molecule has 2 heterocycles. The first-order valence-corrected chi connectivity index (χ1v) is 5.98. The molecule has 6 nitrogen and oxygen atoms in total. The van der Waals surface area contributed by atoms with Gasteiger partial charge in [-0.05, 0) is 12.1 Å². The van der Waals surface area contributed by atoms with Crippen molar-refractivity contribution in [3.05, 3.63) is 57.5 Å². The van der Waals surface area contributed by atoms with Gasteiger partial charge in [-0.25, -0.2) is 4.98 Å². The maximum atomic E-state index is 10.5. The predicted molar refractivity (Wildman–Crippen MR) is 72.3 cm³/mol. The Hall–Kier alpha value is -2.21. The van der Waals surface area contributed by atoms with Crippen LogP contribution in [0.3, 0.4) is 0 Å². The number of pyridine rings is 2. The van der Waals surface area contributed by atoms with Crippen molar-refractivity contribution in [1.29, 1.82) is 0 Å². The van der Waals surface area contributed by atoms with E-state index in [9.17, 15) is 10.1 Å². The Morgan fingerprint density at radius 1 is 1.37 bits per heavy atom. The summed E-state index contributed by atoms with van der Waals surface area (Å²) < 4.78 is 0. The zero-order valence-electron chi connectivity index (χ0n) is 9.91. The van der Waals surface area contributed by atoms with Crippen molar-refractivity contribution < 1.29 is 4.92 Å². The van der Waals surface area contributed by atoms with Crippen LogP contribution in [-0.2, 0) is 6.42 Å². The van der Waals surface area contributed by atoms with E-state index in [2.05, 4.69) is 15.3 Å². The fourth-order valence-corrected chi connectivity index (χ4v) is 1.74. The van der Waals surface area contributed by atoms with Gasteiger partial charge in [-0.2, -0.15) is 0 Å². The molecule has 2 aromatic rings. The Bertz CT molecular complexity index is 577. The van der Waals surface area contributed by atoms with Crippen LogP contribution in [0.25, 0.3) is 0 Å². The van der Waals surface area contributed by atoms with Crippen molar-refractivity contribution in [2.45, 2.75) is 6.42 Å². The van der Waals surface area contributed by atoms with E-state index < -0.39 is 4.92 Å². The van der Waals surface area contributed by atoms with Gasteiger partial charge < -0.3 is 5.32 Å². The SMILES string of the molecule is O=[N+]([O-])c1cnc(NCCc2ccccn2)c(Cl)c1. The Morgan fingerprint density at radius 3 is 2.84 bits per heavy atom. The minimum absolute atomic E-state index is 0.125. The monoisotopic (exact) mass is 278 g/mol. The lowest BCUT2D eigenvalue weighted by Gasteiger charge is -2.06. The van der Waals surface area contributed by atoms with Gasteiger partial charge in [0.05, 0.1) is 9.95 Å². The standard InChI is InChI=1S/C12H11ClN4O2/c13-11-7-10(17(18)19)8-16-12(11)15-6-4-9-3-1-2-5-14-9/h1-3,5,7-8H,4,6H2,(H,15,16). The van der Waals surface area contributed by atoms with E-state index in [0.717, 1.165) is 12.1 Å². The number of anilines is 1. The van der Waals surface area contributed by atoms with E-state index in [4.69, 9.17) is 11.6 Å². The molecule has 0 atom stereocenters. The van der Waals surface area contributed by atoms with Gasteiger partial charge in [0.2, 0.25) is 0 Å². The molecule has 0 radical (unpaired) electrons. The van der Waals surface area contributed by atoms with Crippen molar-refractivity contribution in [3.8, 4) is 0 Å². The van der Waals surface area contributed by atoms with Gasteiger partial charge in [-0.3, -0.25) is 15.1 Å². The normalized spacial score (nSPS) is 10.2. The molecule has 0 unspecified atom stereocenters. The van der Waals surface area contributed by atoms with Gasteiger partial charge in [0.15, 0.2) is 0 Å². The third-order valence-electron chi connectivity index (χ3n) is 2.44. The highest BCUT2D eigenvalue weighted by Gasteiger charge is 2.10. The zero-order valence-corrected chi connectivity index (χ0v) is 10.7. The third-order valence-corrected chi connectivity index (χ3v) is 2.73. The maximum absolute atomic E-state index is 10.5. The first-order valence-electron chi connectivity index (χ1n) is 5.60. The Kier molecular flexibility index (Phi) is 4.25. The summed E-state index contributed by atoms with van der Waals surface area (Å²) in [6.45, 7) is 0.599. The second-order valence-electron chi connectivity index (χ2n) is 3.78. The van der Waals surface area contributed by atoms with Crippen LogP contribution in [0.5, 0.6) is 0 Å². The fourth-order valence-electron chi connectivity index (χ4n) is 1.51. The van der Waals surface area contributed by atoms with Crippen molar-refractivity contribution >= 4 is 23.1 Å². The number of nitro groups is 1. The van der Waals surface area contributed by atoms with Crippen LogP contribution < -0.4 is 5.32 Å². The highest BCUT2D eigenvalue weighted by atomic mass is 35.5. The summed E-state index contributed by atoms with van der Waals surface area (Å²) in [5, 5.41) is 13.8. The number of hydrogen-bond donors (Lipinski definition) is 1. The quantitative estimate of drug-likeness (QED) is 0.672. The number of rotatable bonds is 5. The lowest BCUT2D eigenvalue weighted by atomic mass is 10.3. The van der Waals surface area contributed by atoms with Gasteiger partial charge in [-0.1, -0.05) is 17.7 Å². The number of hydrogen-bond acceptors (Lipinski definition) is 5. The zero-order chi connectivity index (χ0) is 13.7. The smallest absolute Gasteiger partial charge is 0.289 e. The highest BCUT2D eigenvalue weighted by molar-refractivity contribution is 6.33. The minimum Gasteiger partial charge on any atom is -0.368 e. The largest absolute Gasteiger partial charge is 0.368 e. The molecule has 2 rings (SSSR count). The highest BCUT2D eigenvalue weighted by Crippen LogP contribution is 2.23. The predicted octanol–water partition coefficient (Wildman–Crippen LogP) is 2.69. The molecule has 0 aliphatic heterocycles. The summed E-state index contributed by atoms with van der Waals surface area (Å²) in [4.78, 5) is 18.1. The number of halogens is 1. The van der Waals surface area contributed by atoms with Gasteiger partial charge in [0.25, 0.3) is 5.69 Å². The number of aromatic nitrogens is 2. The van der Waals surface area contributed by atoms with E-state index >= 15 is 0 Å². The van der Waals surface area contributed by atoms with Crippen LogP contribution in [0.15, 0.2) is 36.7 Å². The van der Waals surface area contributed by atoms with Gasteiger partial charge in [-0.15, -0.1) is 0 Å².